The lowest BCUT2D eigenvalue weighted by atomic mass is 10.2. The maximum absolute atomic E-state index is 5.66. The van der Waals surface area contributed by atoms with Crippen molar-refractivity contribution in [1.29, 1.82) is 0 Å². The highest BCUT2D eigenvalue weighted by Gasteiger charge is 1.98. The van der Waals surface area contributed by atoms with Gasteiger partial charge < -0.3 is 10.2 Å². The van der Waals surface area contributed by atoms with E-state index in [4.69, 9.17) is 10.6 Å². The van der Waals surface area contributed by atoms with Gasteiger partial charge in [0.05, 0.1) is 11.9 Å². The Morgan fingerprint density at radius 1 is 1.50 bits per heavy atom. The molecule has 0 atom stereocenters. The van der Waals surface area contributed by atoms with E-state index in [2.05, 4.69) is 17.1 Å². The number of ether oxygens (including phenoxy) is 1. The number of hydrogen-bond acceptors (Lipinski definition) is 4. The molecule has 3 N–H and O–H groups in total. The number of hydrogen-bond donors (Lipinski definition) is 2. The summed E-state index contributed by atoms with van der Waals surface area (Å²) in [6, 6.07) is 7.90. The van der Waals surface area contributed by atoms with Crippen molar-refractivity contribution in [3.05, 3.63) is 53.4 Å². The number of para-hydroxylation sites is 1. The highest BCUT2D eigenvalue weighted by Crippen LogP contribution is 2.16. The van der Waals surface area contributed by atoms with Gasteiger partial charge in [-0.2, -0.15) is 0 Å². The molecule has 0 bridgehead atoms. The van der Waals surface area contributed by atoms with Crippen molar-refractivity contribution in [2.24, 2.45) is 10.8 Å². The number of nitrogens with zero attached hydrogens (tertiary/aromatic N) is 1. The topological polar surface area (TPSA) is 59.6 Å². The molecule has 0 radical (unpaired) electrons. The van der Waals surface area contributed by atoms with Gasteiger partial charge in [0, 0.05) is 0 Å². The predicted molar refractivity (Wildman–Crippen MR) is 75.4 cm³/mol. The van der Waals surface area contributed by atoms with Crippen LogP contribution in [0.2, 0.25) is 0 Å². The SMILES string of the molecule is C=N/C=C(NN)\C(C)=C/COc1ccccc1C. The first-order chi connectivity index (χ1) is 8.69. The van der Waals surface area contributed by atoms with Crippen LogP contribution in [0.5, 0.6) is 5.75 Å². The predicted octanol–water partition coefficient (Wildman–Crippen LogP) is 2.33. The summed E-state index contributed by atoms with van der Waals surface area (Å²) in [5.41, 5.74) is 5.36. The van der Waals surface area contributed by atoms with Crippen molar-refractivity contribution in [3.8, 4) is 5.75 Å². The van der Waals surface area contributed by atoms with Crippen LogP contribution >= 0.6 is 0 Å². The molecule has 0 unspecified atom stereocenters. The molecule has 4 nitrogen and oxygen atoms in total. The summed E-state index contributed by atoms with van der Waals surface area (Å²) in [6.45, 7) is 7.81. The minimum Gasteiger partial charge on any atom is -0.489 e. The summed E-state index contributed by atoms with van der Waals surface area (Å²) in [7, 11) is 0. The first kappa shape index (κ1) is 14.0. The number of hydrazine groups is 1. The molecule has 0 aromatic heterocycles. The summed E-state index contributed by atoms with van der Waals surface area (Å²) < 4.78 is 5.66. The molecule has 0 spiro atoms. The van der Waals surface area contributed by atoms with Crippen LogP contribution in [0.4, 0.5) is 0 Å². The highest BCUT2D eigenvalue weighted by molar-refractivity contribution is 5.33. The molecule has 18 heavy (non-hydrogen) atoms. The smallest absolute Gasteiger partial charge is 0.122 e. The van der Waals surface area contributed by atoms with Gasteiger partial charge >= 0.3 is 0 Å². The summed E-state index contributed by atoms with van der Waals surface area (Å²) in [5.74, 6) is 6.26. The van der Waals surface area contributed by atoms with E-state index in [1.807, 2.05) is 44.2 Å². The molecule has 0 fully saturated rings. The molecule has 1 aromatic rings. The van der Waals surface area contributed by atoms with Crippen LogP contribution in [0, 0.1) is 6.92 Å². The second-order valence-corrected chi connectivity index (χ2v) is 3.83. The Balaban J connectivity index is 2.62. The number of aliphatic imine (C=N–C) groups is 1. The van der Waals surface area contributed by atoms with Crippen LogP contribution in [0.25, 0.3) is 0 Å². The number of nitrogens with two attached hydrogens (primary N) is 1. The van der Waals surface area contributed by atoms with E-state index in [9.17, 15) is 0 Å². The second-order valence-electron chi connectivity index (χ2n) is 3.83. The van der Waals surface area contributed by atoms with Crippen LogP contribution in [-0.2, 0) is 0 Å². The van der Waals surface area contributed by atoms with E-state index in [-0.39, 0.29) is 0 Å². The molecular formula is C14H19N3O. The molecule has 0 aliphatic heterocycles. The lowest BCUT2D eigenvalue weighted by Gasteiger charge is -2.08. The summed E-state index contributed by atoms with van der Waals surface area (Å²) in [5, 5.41) is 0. The Labute approximate surface area is 108 Å². The summed E-state index contributed by atoms with van der Waals surface area (Å²) >= 11 is 0. The fourth-order valence-corrected chi connectivity index (χ4v) is 1.43. The van der Waals surface area contributed by atoms with Crippen LogP contribution in [0.1, 0.15) is 12.5 Å². The zero-order chi connectivity index (χ0) is 13.4. The minimum atomic E-state index is 0.479. The number of benzene rings is 1. The van der Waals surface area contributed by atoms with Gasteiger partial charge in [0.2, 0.25) is 0 Å². The van der Waals surface area contributed by atoms with Crippen molar-refractivity contribution < 1.29 is 4.74 Å². The largest absolute Gasteiger partial charge is 0.489 e. The Hall–Kier alpha value is -2.07. The van der Waals surface area contributed by atoms with Gasteiger partial charge in [0.25, 0.3) is 0 Å². The van der Waals surface area contributed by atoms with Gasteiger partial charge in [-0.3, -0.25) is 10.8 Å². The lowest BCUT2D eigenvalue weighted by molar-refractivity contribution is 0.359. The van der Waals surface area contributed by atoms with E-state index in [0.717, 1.165) is 22.6 Å². The maximum atomic E-state index is 5.66. The molecule has 0 aliphatic carbocycles. The summed E-state index contributed by atoms with van der Waals surface area (Å²) in [6.07, 6.45) is 3.50. The molecular weight excluding hydrogens is 226 g/mol. The van der Waals surface area contributed by atoms with Crippen molar-refractivity contribution >= 4 is 6.72 Å². The zero-order valence-corrected chi connectivity index (χ0v) is 10.8. The number of aryl methyl sites for hydroxylation is 1. The molecule has 0 amide bonds. The average molecular weight is 245 g/mol. The zero-order valence-electron chi connectivity index (χ0n) is 10.8. The van der Waals surface area contributed by atoms with Crippen LogP contribution < -0.4 is 16.0 Å². The third-order valence-electron chi connectivity index (χ3n) is 2.52. The first-order valence-electron chi connectivity index (χ1n) is 5.67. The molecule has 0 heterocycles. The number of nitrogens with one attached hydrogen (secondary N) is 1. The van der Waals surface area contributed by atoms with E-state index >= 15 is 0 Å². The molecule has 0 aliphatic rings. The Kier molecular flexibility index (Phi) is 5.67. The van der Waals surface area contributed by atoms with E-state index in [1.54, 1.807) is 6.20 Å². The van der Waals surface area contributed by atoms with Crippen LogP contribution in [-0.4, -0.2) is 13.3 Å². The van der Waals surface area contributed by atoms with Crippen molar-refractivity contribution in [1.82, 2.24) is 5.43 Å². The fraction of sp³-hybridized carbons (Fsp3) is 0.214. The minimum absolute atomic E-state index is 0.479. The Morgan fingerprint density at radius 3 is 2.83 bits per heavy atom. The second kappa shape index (κ2) is 7.29. The van der Waals surface area contributed by atoms with Crippen LogP contribution in [0.15, 0.2) is 52.8 Å². The van der Waals surface area contributed by atoms with E-state index in [0.29, 0.717) is 6.61 Å². The van der Waals surface area contributed by atoms with Gasteiger partial charge in [-0.05, 0) is 43.8 Å². The molecule has 1 rings (SSSR count). The van der Waals surface area contributed by atoms with Crippen molar-refractivity contribution in [2.45, 2.75) is 13.8 Å². The molecule has 96 valence electrons. The van der Waals surface area contributed by atoms with Crippen LogP contribution in [0.3, 0.4) is 0 Å². The monoisotopic (exact) mass is 245 g/mol. The van der Waals surface area contributed by atoms with E-state index < -0.39 is 0 Å². The lowest BCUT2D eigenvalue weighted by Crippen LogP contribution is -2.21. The number of rotatable bonds is 6. The molecule has 4 heteroatoms. The van der Waals surface area contributed by atoms with E-state index in [1.165, 1.54) is 0 Å². The Morgan fingerprint density at radius 2 is 2.22 bits per heavy atom. The molecule has 0 saturated heterocycles. The number of allylic oxidation sites excluding steroid dienone is 1. The van der Waals surface area contributed by atoms with Gasteiger partial charge in [-0.25, -0.2) is 0 Å². The summed E-state index contributed by atoms with van der Waals surface area (Å²) in [4.78, 5) is 3.67. The quantitative estimate of drug-likeness (QED) is 0.350. The van der Waals surface area contributed by atoms with Gasteiger partial charge in [0.1, 0.15) is 12.4 Å². The van der Waals surface area contributed by atoms with Gasteiger partial charge in [-0.1, -0.05) is 18.2 Å². The maximum Gasteiger partial charge on any atom is 0.122 e. The Bertz CT molecular complexity index is 464. The first-order valence-corrected chi connectivity index (χ1v) is 5.67. The van der Waals surface area contributed by atoms with Gasteiger partial charge in [-0.15, -0.1) is 0 Å². The average Bonchev–Trinajstić information content (AvgIpc) is 2.38. The normalized spacial score (nSPS) is 12.2. The van der Waals surface area contributed by atoms with Gasteiger partial charge in [0.15, 0.2) is 0 Å². The highest BCUT2D eigenvalue weighted by atomic mass is 16.5. The van der Waals surface area contributed by atoms with Crippen molar-refractivity contribution in [3.63, 3.8) is 0 Å². The fourth-order valence-electron chi connectivity index (χ4n) is 1.43. The third-order valence-corrected chi connectivity index (χ3v) is 2.52. The molecule has 1 aromatic carbocycles. The molecule has 0 saturated carbocycles. The van der Waals surface area contributed by atoms with Crippen molar-refractivity contribution in [2.75, 3.05) is 6.61 Å². The standard InChI is InChI=1S/C14H19N3O/c1-11(13(17-15)10-16-3)8-9-18-14-7-5-4-6-12(14)2/h4-8,10,17H,3,9,15H2,1-2H3/b11-8-,13-10+. The third kappa shape index (κ3) is 4.07.